The van der Waals surface area contributed by atoms with Crippen LogP contribution in [0.4, 0.5) is 5.69 Å². The molecule has 0 saturated heterocycles. The highest BCUT2D eigenvalue weighted by Crippen LogP contribution is 2.18. The second kappa shape index (κ2) is 9.26. The Kier molecular flexibility index (Phi) is 6.22. The van der Waals surface area contributed by atoms with Crippen LogP contribution in [0.2, 0.25) is 0 Å². The molecule has 10 heteroatoms. The number of hydrogen-bond donors (Lipinski definition) is 1. The molecule has 0 aliphatic heterocycles. The minimum absolute atomic E-state index is 0.0496. The van der Waals surface area contributed by atoms with Crippen molar-refractivity contribution in [1.29, 1.82) is 0 Å². The maximum atomic E-state index is 12.7. The number of anilines is 1. The number of benzene rings is 2. The lowest BCUT2D eigenvalue weighted by molar-refractivity contribution is -0.116. The van der Waals surface area contributed by atoms with Crippen molar-refractivity contribution in [3.05, 3.63) is 85.9 Å². The molecule has 34 heavy (non-hydrogen) atoms. The first kappa shape index (κ1) is 22.8. The summed E-state index contributed by atoms with van der Waals surface area (Å²) in [6.07, 6.45) is 0.297. The van der Waals surface area contributed by atoms with E-state index < -0.39 is 11.2 Å². The standard InChI is InChI=1S/C24H24N6O4/c1-14-8-10-17(11-9-14)30-24(33)29(4)23(32)21(27-30)22-26-20(34-28-22)13-12-19(31)25-18-7-5-6-15(2)16(18)3/h5-11H,12-13H2,1-4H3,(H,25,31). The predicted molar refractivity (Wildman–Crippen MR) is 126 cm³/mol. The predicted octanol–water partition coefficient (Wildman–Crippen LogP) is 2.48. The fourth-order valence-electron chi connectivity index (χ4n) is 3.34. The molecular formula is C24H24N6O4. The summed E-state index contributed by atoms with van der Waals surface area (Å²) in [5, 5.41) is 10.9. The van der Waals surface area contributed by atoms with Gasteiger partial charge in [0, 0.05) is 25.6 Å². The van der Waals surface area contributed by atoms with E-state index in [1.165, 1.54) is 7.05 Å². The fraction of sp³-hybridized carbons (Fsp3) is 0.250. The lowest BCUT2D eigenvalue weighted by Crippen LogP contribution is -2.40. The molecule has 0 atom stereocenters. The summed E-state index contributed by atoms with van der Waals surface area (Å²) in [4.78, 5) is 41.9. The summed E-state index contributed by atoms with van der Waals surface area (Å²) in [7, 11) is 1.36. The van der Waals surface area contributed by atoms with E-state index in [0.717, 1.165) is 31.6 Å². The topological polar surface area (TPSA) is 125 Å². The second-order valence-corrected chi connectivity index (χ2v) is 8.05. The average Bonchev–Trinajstić information content (AvgIpc) is 3.29. The van der Waals surface area contributed by atoms with Crippen molar-refractivity contribution < 1.29 is 9.32 Å². The molecule has 0 spiro atoms. The molecule has 0 aliphatic rings. The fourth-order valence-corrected chi connectivity index (χ4v) is 3.34. The Morgan fingerprint density at radius 1 is 1.06 bits per heavy atom. The number of carbonyl (C=O) groups excluding carboxylic acids is 1. The molecule has 1 amide bonds. The molecule has 10 nitrogen and oxygen atoms in total. The van der Waals surface area contributed by atoms with E-state index in [1.807, 2.05) is 51.1 Å². The van der Waals surface area contributed by atoms with Crippen molar-refractivity contribution in [2.45, 2.75) is 33.6 Å². The van der Waals surface area contributed by atoms with Crippen LogP contribution in [-0.2, 0) is 18.3 Å². The highest BCUT2D eigenvalue weighted by Gasteiger charge is 2.19. The van der Waals surface area contributed by atoms with Gasteiger partial charge in [-0.25, -0.2) is 4.79 Å². The van der Waals surface area contributed by atoms with E-state index in [1.54, 1.807) is 12.1 Å². The number of carbonyl (C=O) groups is 1. The third kappa shape index (κ3) is 4.56. The molecule has 174 valence electrons. The molecule has 0 radical (unpaired) electrons. The Labute approximate surface area is 194 Å². The molecule has 0 aliphatic carbocycles. The zero-order chi connectivity index (χ0) is 24.4. The number of aryl methyl sites for hydroxylation is 3. The summed E-state index contributed by atoms with van der Waals surface area (Å²) in [6.45, 7) is 5.85. The lowest BCUT2D eigenvalue weighted by atomic mass is 10.1. The molecule has 2 aromatic heterocycles. The van der Waals surface area contributed by atoms with Crippen LogP contribution in [0.25, 0.3) is 17.2 Å². The van der Waals surface area contributed by atoms with Gasteiger partial charge < -0.3 is 9.84 Å². The largest absolute Gasteiger partial charge is 0.351 e. The second-order valence-electron chi connectivity index (χ2n) is 8.05. The van der Waals surface area contributed by atoms with E-state index in [9.17, 15) is 14.4 Å². The first-order chi connectivity index (χ1) is 16.2. The van der Waals surface area contributed by atoms with E-state index in [4.69, 9.17) is 4.52 Å². The van der Waals surface area contributed by atoms with Gasteiger partial charge in [-0.15, -0.1) is 0 Å². The monoisotopic (exact) mass is 460 g/mol. The summed E-state index contributed by atoms with van der Waals surface area (Å²) in [5.41, 5.74) is 2.99. The van der Waals surface area contributed by atoms with Crippen LogP contribution in [0.15, 0.2) is 56.6 Å². The minimum atomic E-state index is -0.645. The maximum absolute atomic E-state index is 12.7. The van der Waals surface area contributed by atoms with Crippen LogP contribution < -0.4 is 16.6 Å². The van der Waals surface area contributed by atoms with Gasteiger partial charge in [0.1, 0.15) is 0 Å². The average molecular weight is 460 g/mol. The van der Waals surface area contributed by atoms with Gasteiger partial charge >= 0.3 is 5.69 Å². The van der Waals surface area contributed by atoms with Crippen LogP contribution in [0.3, 0.4) is 0 Å². The Hall–Kier alpha value is -4.34. The molecule has 0 saturated carbocycles. The highest BCUT2D eigenvalue weighted by molar-refractivity contribution is 5.91. The summed E-state index contributed by atoms with van der Waals surface area (Å²) in [5.74, 6) is -0.0649. The van der Waals surface area contributed by atoms with E-state index in [0.29, 0.717) is 5.69 Å². The number of nitrogens with one attached hydrogen (secondary N) is 1. The molecule has 0 unspecified atom stereocenters. The van der Waals surface area contributed by atoms with Gasteiger partial charge in [-0.2, -0.15) is 14.8 Å². The van der Waals surface area contributed by atoms with Crippen LogP contribution in [0.1, 0.15) is 29.0 Å². The normalized spacial score (nSPS) is 10.9. The van der Waals surface area contributed by atoms with Crippen LogP contribution in [0.5, 0.6) is 0 Å². The van der Waals surface area contributed by atoms with E-state index >= 15 is 0 Å². The Bertz CT molecular complexity index is 1480. The number of aromatic nitrogens is 5. The quantitative estimate of drug-likeness (QED) is 0.469. The van der Waals surface area contributed by atoms with Gasteiger partial charge in [0.05, 0.1) is 5.69 Å². The Balaban J connectivity index is 1.54. The zero-order valence-corrected chi connectivity index (χ0v) is 19.3. The van der Waals surface area contributed by atoms with Crippen LogP contribution >= 0.6 is 0 Å². The Morgan fingerprint density at radius 3 is 2.53 bits per heavy atom. The molecule has 4 aromatic rings. The number of rotatable bonds is 6. The first-order valence-corrected chi connectivity index (χ1v) is 10.7. The molecule has 4 rings (SSSR count). The molecular weight excluding hydrogens is 436 g/mol. The minimum Gasteiger partial charge on any atom is -0.339 e. The van der Waals surface area contributed by atoms with Gasteiger partial charge in [0.15, 0.2) is 5.69 Å². The number of hydrogen-bond acceptors (Lipinski definition) is 7. The number of amides is 1. The van der Waals surface area contributed by atoms with Crippen molar-refractivity contribution in [2.24, 2.45) is 7.05 Å². The van der Waals surface area contributed by atoms with Crippen molar-refractivity contribution in [2.75, 3.05) is 5.32 Å². The molecule has 0 bridgehead atoms. The van der Waals surface area contributed by atoms with E-state index in [-0.39, 0.29) is 36.2 Å². The van der Waals surface area contributed by atoms with Crippen molar-refractivity contribution in [1.82, 2.24) is 24.5 Å². The zero-order valence-electron chi connectivity index (χ0n) is 19.3. The Morgan fingerprint density at radius 2 is 1.79 bits per heavy atom. The van der Waals surface area contributed by atoms with Gasteiger partial charge in [-0.3, -0.25) is 14.2 Å². The molecule has 2 heterocycles. The van der Waals surface area contributed by atoms with Crippen LogP contribution in [0, 0.1) is 20.8 Å². The van der Waals surface area contributed by atoms with Crippen molar-refractivity contribution in [3.63, 3.8) is 0 Å². The smallest absolute Gasteiger partial charge is 0.339 e. The number of nitrogens with zero attached hydrogens (tertiary/aromatic N) is 5. The van der Waals surface area contributed by atoms with Gasteiger partial charge in [0.2, 0.25) is 17.6 Å². The van der Waals surface area contributed by atoms with Gasteiger partial charge in [-0.1, -0.05) is 35.0 Å². The first-order valence-electron chi connectivity index (χ1n) is 10.7. The summed E-state index contributed by atoms with van der Waals surface area (Å²) >= 11 is 0. The highest BCUT2D eigenvalue weighted by atomic mass is 16.5. The van der Waals surface area contributed by atoms with Crippen molar-refractivity contribution >= 4 is 11.6 Å². The van der Waals surface area contributed by atoms with Gasteiger partial charge in [0.25, 0.3) is 5.56 Å². The third-order valence-electron chi connectivity index (χ3n) is 5.58. The summed E-state index contributed by atoms with van der Waals surface area (Å²) in [6, 6.07) is 12.8. The lowest BCUT2D eigenvalue weighted by Gasteiger charge is -2.09. The SMILES string of the molecule is Cc1ccc(-n2nc(-c3noc(CCC(=O)Nc4cccc(C)c4C)n3)c(=O)n(C)c2=O)cc1. The molecule has 0 fully saturated rings. The molecule has 1 N–H and O–H groups in total. The maximum Gasteiger partial charge on any atom is 0.351 e. The van der Waals surface area contributed by atoms with Crippen molar-refractivity contribution in [3.8, 4) is 17.2 Å². The third-order valence-corrected chi connectivity index (χ3v) is 5.58. The van der Waals surface area contributed by atoms with Gasteiger partial charge in [-0.05, 0) is 50.1 Å². The van der Waals surface area contributed by atoms with Crippen LogP contribution in [-0.4, -0.2) is 30.4 Å². The summed E-state index contributed by atoms with van der Waals surface area (Å²) < 4.78 is 7.29. The molecule has 2 aromatic carbocycles. The van der Waals surface area contributed by atoms with E-state index in [2.05, 4.69) is 20.6 Å².